The molecule has 1 fully saturated rings. The van der Waals surface area contributed by atoms with Crippen molar-refractivity contribution in [2.24, 2.45) is 0 Å². The van der Waals surface area contributed by atoms with Crippen LogP contribution >= 0.6 is 0 Å². The number of hydrogen-bond donors (Lipinski definition) is 1. The maximum Gasteiger partial charge on any atom is 0.332 e. The molecule has 2 heterocycles. The van der Waals surface area contributed by atoms with Gasteiger partial charge in [0.25, 0.3) is 5.69 Å². The van der Waals surface area contributed by atoms with Gasteiger partial charge in [0.15, 0.2) is 5.54 Å². The molecule has 6 rings (SSSR count). The second-order valence-corrected chi connectivity index (χ2v) is 10.7. The number of imide groups is 1. The van der Waals surface area contributed by atoms with Crippen molar-refractivity contribution >= 4 is 29.2 Å². The quantitative estimate of drug-likeness (QED) is 0.188. The second-order valence-electron chi connectivity index (χ2n) is 10.7. The first kappa shape index (κ1) is 28.0. The normalized spacial score (nSPS) is 24.1. The minimum Gasteiger partial charge on any atom is -0.464 e. The Morgan fingerprint density at radius 2 is 1.49 bits per heavy atom. The summed E-state index contributed by atoms with van der Waals surface area (Å²) in [6.45, 7) is 3.08. The van der Waals surface area contributed by atoms with Gasteiger partial charge in [0.05, 0.1) is 17.2 Å². The molecule has 0 aromatic heterocycles. The van der Waals surface area contributed by atoms with Crippen LogP contribution in [0.2, 0.25) is 0 Å². The van der Waals surface area contributed by atoms with Gasteiger partial charge in [0.2, 0.25) is 11.8 Å². The minimum atomic E-state index is -1.80. The fourth-order valence-corrected chi connectivity index (χ4v) is 7.05. The number of anilines is 1. The summed E-state index contributed by atoms with van der Waals surface area (Å²) in [4.78, 5) is 55.2. The Morgan fingerprint density at radius 3 is 2.09 bits per heavy atom. The van der Waals surface area contributed by atoms with Crippen molar-refractivity contribution < 1.29 is 24.0 Å². The van der Waals surface area contributed by atoms with Gasteiger partial charge in [-0.3, -0.25) is 25.0 Å². The molecule has 2 aliphatic rings. The molecule has 0 aliphatic carbocycles. The molecular formula is C34H29N3O6. The first-order chi connectivity index (χ1) is 20.8. The molecule has 2 aliphatic heterocycles. The van der Waals surface area contributed by atoms with Gasteiger partial charge in [-0.2, -0.15) is 0 Å². The molecule has 9 nitrogen and oxygen atoms in total. The minimum absolute atomic E-state index is 0.0512. The van der Waals surface area contributed by atoms with Crippen LogP contribution < -0.4 is 10.2 Å². The van der Waals surface area contributed by atoms with Crippen molar-refractivity contribution in [3.8, 4) is 0 Å². The zero-order chi connectivity index (χ0) is 30.4. The van der Waals surface area contributed by atoms with E-state index in [0.29, 0.717) is 22.4 Å². The fraction of sp³-hybridized carbons (Fsp3) is 0.206. The number of carbonyl (C=O) groups excluding carboxylic acids is 3. The summed E-state index contributed by atoms with van der Waals surface area (Å²) in [5, 5.41) is 15.1. The van der Waals surface area contributed by atoms with Gasteiger partial charge in [-0.15, -0.1) is 0 Å². The van der Waals surface area contributed by atoms with Crippen molar-refractivity contribution in [3.05, 3.63) is 142 Å². The van der Waals surface area contributed by atoms with E-state index in [4.69, 9.17) is 4.74 Å². The summed E-state index contributed by atoms with van der Waals surface area (Å²) in [6.07, 6.45) is 0. The lowest BCUT2D eigenvalue weighted by Gasteiger charge is -2.43. The van der Waals surface area contributed by atoms with E-state index in [1.807, 2.05) is 36.4 Å². The zero-order valence-corrected chi connectivity index (χ0v) is 23.6. The third kappa shape index (κ3) is 3.92. The van der Waals surface area contributed by atoms with E-state index in [-0.39, 0.29) is 12.3 Å². The standard InChI is InChI=1S/C34H29N3O6/c1-3-43-32(40)34(25-14-8-5-9-15-25)33(27-16-10-11-17-28(27)36(22(2)38)31(33)39)29(23-12-6-4-7-13-23)30(35-34)24-18-20-26(21-19-24)37(41)42/h4-21,29-30,35H,3H2,1-2H3/t29-,30-,33-,34?/m1/s1. The molecule has 2 amide bonds. The molecular weight excluding hydrogens is 546 g/mol. The summed E-state index contributed by atoms with van der Waals surface area (Å²) in [6, 6.07) is 30.7. The first-order valence-corrected chi connectivity index (χ1v) is 14.0. The molecule has 1 spiro atoms. The summed E-state index contributed by atoms with van der Waals surface area (Å²) in [7, 11) is 0. The fourth-order valence-electron chi connectivity index (χ4n) is 7.05. The van der Waals surface area contributed by atoms with Crippen LogP contribution in [0.15, 0.2) is 109 Å². The highest BCUT2D eigenvalue weighted by atomic mass is 16.6. The highest BCUT2D eigenvalue weighted by molar-refractivity contribution is 6.25. The molecule has 1 N–H and O–H groups in total. The van der Waals surface area contributed by atoms with Crippen LogP contribution in [-0.2, 0) is 30.1 Å². The number of fused-ring (bicyclic) bond motifs is 2. The molecule has 1 unspecified atom stereocenters. The average Bonchev–Trinajstić information content (AvgIpc) is 3.49. The Balaban J connectivity index is 1.78. The zero-order valence-electron chi connectivity index (χ0n) is 23.6. The lowest BCUT2D eigenvalue weighted by Crippen LogP contribution is -2.63. The van der Waals surface area contributed by atoms with E-state index >= 15 is 4.79 Å². The lowest BCUT2D eigenvalue weighted by atomic mass is 9.57. The SMILES string of the molecule is CCOC(=O)C1(c2ccccc2)N[C@H](c2ccc([N+](=O)[O-])cc2)[C@@H](c2ccccc2)[C@]12C(=O)N(C(C)=O)c1ccccc12. The number of nitro groups is 1. The monoisotopic (exact) mass is 575 g/mol. The van der Waals surface area contributed by atoms with Crippen molar-refractivity contribution in [1.82, 2.24) is 5.32 Å². The Kier molecular flexibility index (Phi) is 6.90. The number of nitrogens with one attached hydrogen (secondary N) is 1. The van der Waals surface area contributed by atoms with Crippen LogP contribution in [0.3, 0.4) is 0 Å². The largest absolute Gasteiger partial charge is 0.464 e. The maximum absolute atomic E-state index is 15.2. The molecule has 0 saturated carbocycles. The van der Waals surface area contributed by atoms with Crippen molar-refractivity contribution in [1.29, 1.82) is 0 Å². The van der Waals surface area contributed by atoms with Crippen molar-refractivity contribution in [3.63, 3.8) is 0 Å². The van der Waals surface area contributed by atoms with Gasteiger partial charge in [-0.05, 0) is 35.2 Å². The van der Waals surface area contributed by atoms with Crippen molar-refractivity contribution in [2.45, 2.75) is 36.8 Å². The lowest BCUT2D eigenvalue weighted by molar-refractivity contribution is -0.384. The third-order valence-electron chi connectivity index (χ3n) is 8.60. The smallest absolute Gasteiger partial charge is 0.332 e. The van der Waals surface area contributed by atoms with Gasteiger partial charge < -0.3 is 4.74 Å². The number of esters is 1. The number of rotatable bonds is 6. The van der Waals surface area contributed by atoms with E-state index in [9.17, 15) is 19.7 Å². The molecule has 43 heavy (non-hydrogen) atoms. The van der Waals surface area contributed by atoms with E-state index in [0.717, 1.165) is 10.5 Å². The van der Waals surface area contributed by atoms with Gasteiger partial charge >= 0.3 is 5.97 Å². The molecule has 4 atom stereocenters. The Labute approximate surface area is 248 Å². The first-order valence-electron chi connectivity index (χ1n) is 14.0. The predicted molar refractivity (Wildman–Crippen MR) is 159 cm³/mol. The van der Waals surface area contributed by atoms with Gasteiger partial charge in [-0.25, -0.2) is 9.69 Å². The highest BCUT2D eigenvalue weighted by Crippen LogP contribution is 2.66. The van der Waals surface area contributed by atoms with E-state index < -0.39 is 45.6 Å². The Morgan fingerprint density at radius 1 is 0.884 bits per heavy atom. The number of nitro benzene ring substituents is 1. The number of nitrogens with zero attached hydrogens (tertiary/aromatic N) is 2. The highest BCUT2D eigenvalue weighted by Gasteiger charge is 2.77. The summed E-state index contributed by atoms with van der Waals surface area (Å²) in [5.74, 6) is -2.45. The van der Waals surface area contributed by atoms with Crippen LogP contribution in [0.1, 0.15) is 48.1 Å². The van der Waals surface area contributed by atoms with Gasteiger partial charge in [-0.1, -0.05) is 91.0 Å². The molecule has 216 valence electrons. The van der Waals surface area contributed by atoms with Gasteiger partial charge in [0, 0.05) is 31.0 Å². The Bertz CT molecular complexity index is 1730. The van der Waals surface area contributed by atoms with E-state index in [1.165, 1.54) is 19.1 Å². The number of amides is 2. The number of non-ortho nitro benzene ring substituents is 1. The predicted octanol–water partition coefficient (Wildman–Crippen LogP) is 5.31. The van der Waals surface area contributed by atoms with E-state index in [1.54, 1.807) is 67.6 Å². The summed E-state index contributed by atoms with van der Waals surface area (Å²) in [5.41, 5.74) is -0.800. The summed E-state index contributed by atoms with van der Waals surface area (Å²) >= 11 is 0. The second kappa shape index (κ2) is 10.6. The van der Waals surface area contributed by atoms with E-state index in [2.05, 4.69) is 5.32 Å². The summed E-state index contributed by atoms with van der Waals surface area (Å²) < 4.78 is 5.80. The molecule has 0 radical (unpaired) electrons. The number of para-hydroxylation sites is 1. The van der Waals surface area contributed by atoms with Crippen LogP contribution in [0.5, 0.6) is 0 Å². The third-order valence-corrected chi connectivity index (χ3v) is 8.60. The van der Waals surface area contributed by atoms with Crippen LogP contribution in [-0.4, -0.2) is 29.3 Å². The van der Waals surface area contributed by atoms with Crippen LogP contribution in [0, 0.1) is 10.1 Å². The number of benzene rings is 4. The number of hydrogen-bond acceptors (Lipinski definition) is 7. The molecule has 9 heteroatoms. The van der Waals surface area contributed by atoms with Crippen molar-refractivity contribution in [2.75, 3.05) is 11.5 Å². The average molecular weight is 576 g/mol. The van der Waals surface area contributed by atoms with Crippen LogP contribution in [0.4, 0.5) is 11.4 Å². The topological polar surface area (TPSA) is 119 Å². The molecule has 4 aromatic rings. The molecule has 1 saturated heterocycles. The molecule has 0 bridgehead atoms. The number of ether oxygens (including phenoxy) is 1. The number of carbonyl (C=O) groups is 3. The molecule has 4 aromatic carbocycles. The Hall–Kier alpha value is -5.15. The maximum atomic E-state index is 15.2. The van der Waals surface area contributed by atoms with Crippen LogP contribution in [0.25, 0.3) is 0 Å². The van der Waals surface area contributed by atoms with Gasteiger partial charge in [0.1, 0.15) is 5.41 Å².